The predicted molar refractivity (Wildman–Crippen MR) is 75.0 cm³/mol. The van der Waals surface area contributed by atoms with Crippen molar-refractivity contribution in [2.24, 2.45) is 0 Å². The van der Waals surface area contributed by atoms with Crippen molar-refractivity contribution in [1.82, 2.24) is 15.1 Å². The number of methoxy groups -OCH3 is 1. The molecular formula is C15H14N4O2. The summed E-state index contributed by atoms with van der Waals surface area (Å²) in [5, 5.41) is 16.8. The maximum Gasteiger partial charge on any atom is 0.337 e. The lowest BCUT2D eigenvalue weighted by molar-refractivity contribution is 0.0600. The fourth-order valence-corrected chi connectivity index (χ4v) is 2.53. The van der Waals surface area contributed by atoms with Gasteiger partial charge in [0.25, 0.3) is 0 Å². The number of rotatable bonds is 2. The number of benzene rings is 1. The molecule has 1 aliphatic rings. The maximum atomic E-state index is 11.6. The molecular weight excluding hydrogens is 268 g/mol. The molecule has 1 aliphatic heterocycles. The van der Waals surface area contributed by atoms with Gasteiger partial charge in [-0.3, -0.25) is 0 Å². The van der Waals surface area contributed by atoms with Crippen molar-refractivity contribution in [2.75, 3.05) is 13.7 Å². The highest BCUT2D eigenvalue weighted by Crippen LogP contribution is 2.22. The van der Waals surface area contributed by atoms with Gasteiger partial charge in [-0.25, -0.2) is 9.48 Å². The van der Waals surface area contributed by atoms with Crippen LogP contribution in [-0.2, 0) is 17.7 Å². The SMILES string of the molecule is COC(=O)c1cccc(-n2nc(C#N)c3c2CCNC3)c1. The predicted octanol–water partition coefficient (Wildman–Crippen LogP) is 1.18. The van der Waals surface area contributed by atoms with Crippen LogP contribution >= 0.6 is 0 Å². The molecule has 0 bridgehead atoms. The van der Waals surface area contributed by atoms with E-state index in [1.807, 2.05) is 6.07 Å². The smallest absolute Gasteiger partial charge is 0.337 e. The number of hydrogen-bond donors (Lipinski definition) is 1. The fraction of sp³-hybridized carbons (Fsp3) is 0.267. The first-order chi connectivity index (χ1) is 10.2. The monoisotopic (exact) mass is 282 g/mol. The third-order valence-electron chi connectivity index (χ3n) is 3.55. The first-order valence-corrected chi connectivity index (χ1v) is 6.65. The van der Waals surface area contributed by atoms with Gasteiger partial charge in [0.1, 0.15) is 6.07 Å². The van der Waals surface area contributed by atoms with Crippen molar-refractivity contribution in [3.63, 3.8) is 0 Å². The zero-order valence-electron chi connectivity index (χ0n) is 11.6. The van der Waals surface area contributed by atoms with Gasteiger partial charge in [0.15, 0.2) is 5.69 Å². The summed E-state index contributed by atoms with van der Waals surface area (Å²) < 4.78 is 6.49. The van der Waals surface area contributed by atoms with E-state index in [0.29, 0.717) is 17.8 Å². The number of hydrogen-bond acceptors (Lipinski definition) is 5. The lowest BCUT2D eigenvalue weighted by Crippen LogP contribution is -2.24. The van der Waals surface area contributed by atoms with E-state index in [9.17, 15) is 10.1 Å². The quantitative estimate of drug-likeness (QED) is 0.836. The summed E-state index contributed by atoms with van der Waals surface area (Å²) in [6, 6.07) is 9.19. The Morgan fingerprint density at radius 2 is 2.38 bits per heavy atom. The molecule has 0 saturated heterocycles. The van der Waals surface area contributed by atoms with Gasteiger partial charge in [0.2, 0.25) is 0 Å². The van der Waals surface area contributed by atoms with Crippen LogP contribution in [-0.4, -0.2) is 29.4 Å². The second-order valence-electron chi connectivity index (χ2n) is 4.77. The molecule has 0 spiro atoms. The van der Waals surface area contributed by atoms with E-state index in [2.05, 4.69) is 16.5 Å². The average Bonchev–Trinajstić information content (AvgIpc) is 2.93. The summed E-state index contributed by atoms with van der Waals surface area (Å²) in [4.78, 5) is 11.6. The molecule has 6 heteroatoms. The Kier molecular flexibility index (Phi) is 3.42. The van der Waals surface area contributed by atoms with Crippen LogP contribution < -0.4 is 5.32 Å². The van der Waals surface area contributed by atoms with Crippen LogP contribution in [0.4, 0.5) is 0 Å². The van der Waals surface area contributed by atoms with Crippen LogP contribution in [0.2, 0.25) is 0 Å². The standard InChI is InChI=1S/C15H14N4O2/c1-21-15(20)10-3-2-4-11(7-10)19-14-5-6-17-9-12(14)13(8-16)18-19/h2-4,7,17H,5-6,9H2,1H3. The van der Waals surface area contributed by atoms with Gasteiger partial charge in [-0.15, -0.1) is 0 Å². The van der Waals surface area contributed by atoms with Crippen LogP contribution in [0, 0.1) is 11.3 Å². The first-order valence-electron chi connectivity index (χ1n) is 6.65. The minimum Gasteiger partial charge on any atom is -0.465 e. The van der Waals surface area contributed by atoms with E-state index in [1.165, 1.54) is 7.11 Å². The number of nitriles is 1. The number of ether oxygens (including phenoxy) is 1. The van der Waals surface area contributed by atoms with E-state index in [1.54, 1.807) is 22.9 Å². The van der Waals surface area contributed by atoms with E-state index < -0.39 is 0 Å². The van der Waals surface area contributed by atoms with E-state index in [4.69, 9.17) is 4.74 Å². The van der Waals surface area contributed by atoms with Crippen LogP contribution in [0.15, 0.2) is 24.3 Å². The summed E-state index contributed by atoms with van der Waals surface area (Å²) in [7, 11) is 1.35. The average molecular weight is 282 g/mol. The van der Waals surface area contributed by atoms with E-state index >= 15 is 0 Å². The second kappa shape index (κ2) is 5.38. The molecule has 1 N–H and O–H groups in total. The maximum absolute atomic E-state index is 11.6. The van der Waals surface area contributed by atoms with Gasteiger partial charge in [0, 0.05) is 25.1 Å². The minimum absolute atomic E-state index is 0.389. The topological polar surface area (TPSA) is 79.9 Å². The molecule has 1 aromatic heterocycles. The highest BCUT2D eigenvalue weighted by Gasteiger charge is 2.21. The summed E-state index contributed by atoms with van der Waals surface area (Å²) in [5.74, 6) is -0.389. The molecule has 0 aliphatic carbocycles. The highest BCUT2D eigenvalue weighted by molar-refractivity contribution is 5.89. The molecule has 0 atom stereocenters. The molecule has 0 saturated carbocycles. The molecule has 0 fully saturated rings. The van der Waals surface area contributed by atoms with Crippen LogP contribution in [0.5, 0.6) is 0 Å². The van der Waals surface area contributed by atoms with Crippen LogP contribution in [0.3, 0.4) is 0 Å². The summed E-state index contributed by atoms with van der Waals surface area (Å²) in [6.45, 7) is 1.50. The number of esters is 1. The van der Waals surface area contributed by atoms with Gasteiger partial charge in [0.05, 0.1) is 24.1 Å². The van der Waals surface area contributed by atoms with Gasteiger partial charge in [-0.05, 0) is 18.2 Å². The molecule has 0 unspecified atom stereocenters. The van der Waals surface area contributed by atoms with Gasteiger partial charge < -0.3 is 10.1 Å². The number of nitrogens with one attached hydrogen (secondary N) is 1. The molecule has 0 radical (unpaired) electrons. The number of nitrogens with zero attached hydrogens (tertiary/aromatic N) is 3. The molecule has 21 heavy (non-hydrogen) atoms. The Morgan fingerprint density at radius 1 is 1.52 bits per heavy atom. The van der Waals surface area contributed by atoms with E-state index in [0.717, 1.165) is 29.9 Å². The van der Waals surface area contributed by atoms with Crippen LogP contribution in [0.25, 0.3) is 5.69 Å². The number of carbonyl (C=O) groups excluding carboxylic acids is 1. The molecule has 106 valence electrons. The molecule has 2 heterocycles. The van der Waals surface area contributed by atoms with E-state index in [-0.39, 0.29) is 5.97 Å². The fourth-order valence-electron chi connectivity index (χ4n) is 2.53. The molecule has 1 aromatic carbocycles. The Hall–Kier alpha value is -2.65. The summed E-state index contributed by atoms with van der Waals surface area (Å²) in [6.07, 6.45) is 0.798. The largest absolute Gasteiger partial charge is 0.465 e. The molecule has 0 amide bonds. The summed E-state index contributed by atoms with van der Waals surface area (Å²) >= 11 is 0. The Labute approximate surface area is 121 Å². The second-order valence-corrected chi connectivity index (χ2v) is 4.77. The Bertz CT molecular complexity index is 743. The lowest BCUT2D eigenvalue weighted by Gasteiger charge is -2.15. The highest BCUT2D eigenvalue weighted by atomic mass is 16.5. The number of aromatic nitrogens is 2. The first kappa shape index (κ1) is 13.3. The van der Waals surface area contributed by atoms with Crippen molar-refractivity contribution < 1.29 is 9.53 Å². The minimum atomic E-state index is -0.389. The zero-order valence-corrected chi connectivity index (χ0v) is 11.6. The van der Waals surface area contributed by atoms with Crippen molar-refractivity contribution >= 4 is 5.97 Å². The third kappa shape index (κ3) is 2.28. The Morgan fingerprint density at radius 3 is 3.14 bits per heavy atom. The molecule has 3 rings (SSSR count). The van der Waals surface area contributed by atoms with Crippen molar-refractivity contribution in [1.29, 1.82) is 5.26 Å². The van der Waals surface area contributed by atoms with Crippen molar-refractivity contribution in [2.45, 2.75) is 13.0 Å². The Balaban J connectivity index is 2.11. The summed E-state index contributed by atoms with van der Waals surface area (Å²) in [5.41, 5.74) is 3.62. The third-order valence-corrected chi connectivity index (χ3v) is 3.55. The van der Waals surface area contributed by atoms with Crippen molar-refractivity contribution in [3.8, 4) is 11.8 Å². The number of carbonyl (C=O) groups is 1. The van der Waals surface area contributed by atoms with Gasteiger partial charge in [-0.2, -0.15) is 10.4 Å². The van der Waals surface area contributed by atoms with Crippen molar-refractivity contribution in [3.05, 3.63) is 46.8 Å². The zero-order chi connectivity index (χ0) is 14.8. The van der Waals surface area contributed by atoms with Gasteiger partial charge >= 0.3 is 5.97 Å². The van der Waals surface area contributed by atoms with Crippen LogP contribution in [0.1, 0.15) is 27.3 Å². The molecule has 2 aromatic rings. The molecule has 6 nitrogen and oxygen atoms in total. The lowest BCUT2D eigenvalue weighted by atomic mass is 10.1. The number of fused-ring (bicyclic) bond motifs is 1. The van der Waals surface area contributed by atoms with Gasteiger partial charge in [-0.1, -0.05) is 6.07 Å². The normalized spacial score (nSPS) is 13.3.